The highest BCUT2D eigenvalue weighted by Crippen LogP contribution is 2.65. The van der Waals surface area contributed by atoms with E-state index in [2.05, 4.69) is 15.7 Å². The third kappa shape index (κ3) is 6.82. The van der Waals surface area contributed by atoms with E-state index < -0.39 is 58.1 Å². The SMILES string of the molecule is CC(C)(C)[C@H](NC(=O)Oc1ccc([N+](=O)[O-])cc1)C(=O)N1C[C@H]2C([C@H]1C(=O)NC(CC1CCC1)C(=O)C(=O)NP)C2(C)C. The molecule has 4 rings (SSSR count). The molecule has 3 N–H and O–H groups in total. The Hall–Kier alpha value is -3.60. The number of nitrogens with one attached hydrogen (secondary N) is 3. The van der Waals surface area contributed by atoms with Crippen molar-refractivity contribution in [2.45, 2.75) is 78.4 Å². The number of ether oxygens (including phenoxy) is 1. The van der Waals surface area contributed by atoms with E-state index in [-0.39, 0.29) is 34.6 Å². The van der Waals surface area contributed by atoms with Crippen LogP contribution in [0.3, 0.4) is 0 Å². The number of piperidine rings is 1. The lowest BCUT2D eigenvalue weighted by atomic mass is 9.80. The highest BCUT2D eigenvalue weighted by Gasteiger charge is 2.70. The van der Waals surface area contributed by atoms with E-state index in [1.165, 1.54) is 29.2 Å². The van der Waals surface area contributed by atoms with Crippen LogP contribution in [0, 0.1) is 38.7 Å². The molecule has 0 aromatic heterocycles. The number of hydrogen-bond acceptors (Lipinski definition) is 8. The molecular weight excluding hydrogens is 577 g/mol. The maximum absolute atomic E-state index is 14.1. The fourth-order valence-corrected chi connectivity index (χ4v) is 6.44. The number of fused-ring (bicyclic) bond motifs is 1. The van der Waals surface area contributed by atoms with Gasteiger partial charge < -0.3 is 25.4 Å². The summed E-state index contributed by atoms with van der Waals surface area (Å²) in [7, 11) is 2.00. The average molecular weight is 618 g/mol. The number of non-ortho nitro benzene ring substituents is 1. The van der Waals surface area contributed by atoms with Crippen LogP contribution in [0.1, 0.15) is 60.3 Å². The number of rotatable bonds is 10. The number of carbonyl (C=O) groups is 5. The second-order valence-corrected chi connectivity index (χ2v) is 13.7. The van der Waals surface area contributed by atoms with Crippen LogP contribution in [0.5, 0.6) is 5.75 Å². The number of nitrogens with zero attached hydrogens (tertiary/aromatic N) is 2. The van der Waals surface area contributed by atoms with Crippen molar-refractivity contribution >= 4 is 44.7 Å². The molecule has 6 atom stereocenters. The summed E-state index contributed by atoms with van der Waals surface area (Å²) < 4.78 is 5.29. The molecule has 1 aliphatic heterocycles. The van der Waals surface area contributed by atoms with Crippen LogP contribution in [-0.4, -0.2) is 64.1 Å². The minimum atomic E-state index is -1.08. The van der Waals surface area contributed by atoms with E-state index in [9.17, 15) is 34.1 Å². The lowest BCUT2D eigenvalue weighted by molar-refractivity contribution is -0.384. The molecule has 0 bridgehead atoms. The minimum Gasteiger partial charge on any atom is -0.410 e. The predicted octanol–water partition coefficient (Wildman–Crippen LogP) is 2.73. The van der Waals surface area contributed by atoms with Gasteiger partial charge >= 0.3 is 6.09 Å². The van der Waals surface area contributed by atoms with E-state index in [1.807, 2.05) is 23.2 Å². The number of benzene rings is 1. The van der Waals surface area contributed by atoms with Crippen molar-refractivity contribution in [3.63, 3.8) is 0 Å². The summed E-state index contributed by atoms with van der Waals surface area (Å²) >= 11 is 0. The molecule has 3 unspecified atom stereocenters. The fraction of sp³-hybridized carbons (Fsp3) is 0.621. The molecule has 43 heavy (non-hydrogen) atoms. The number of nitro groups is 1. The summed E-state index contributed by atoms with van der Waals surface area (Å²) in [6.07, 6.45) is 2.29. The van der Waals surface area contributed by atoms with Crippen LogP contribution >= 0.6 is 9.39 Å². The van der Waals surface area contributed by atoms with Crippen molar-refractivity contribution in [1.29, 1.82) is 0 Å². The number of nitro benzene ring substituents is 1. The summed E-state index contributed by atoms with van der Waals surface area (Å²) in [6, 6.07) is 1.97. The summed E-state index contributed by atoms with van der Waals surface area (Å²) in [5.41, 5.74) is -1.15. The maximum atomic E-state index is 14.1. The van der Waals surface area contributed by atoms with Gasteiger partial charge in [0, 0.05) is 18.7 Å². The van der Waals surface area contributed by atoms with Crippen molar-refractivity contribution in [3.05, 3.63) is 34.4 Å². The lowest BCUT2D eigenvalue weighted by Gasteiger charge is -2.38. The molecule has 0 spiro atoms. The van der Waals surface area contributed by atoms with Gasteiger partial charge in [0.25, 0.3) is 11.6 Å². The fourth-order valence-electron chi connectivity index (χ4n) is 6.30. The highest BCUT2D eigenvalue weighted by atomic mass is 31.0. The number of ketones is 1. The number of hydrogen-bond donors (Lipinski definition) is 3. The first kappa shape index (κ1) is 32.3. The Morgan fingerprint density at radius 2 is 1.74 bits per heavy atom. The van der Waals surface area contributed by atoms with Gasteiger partial charge in [-0.2, -0.15) is 0 Å². The quantitative estimate of drug-likeness (QED) is 0.155. The monoisotopic (exact) mass is 617 g/mol. The first-order chi connectivity index (χ1) is 20.1. The third-order valence-corrected chi connectivity index (χ3v) is 9.44. The van der Waals surface area contributed by atoms with Crippen LogP contribution in [-0.2, 0) is 19.2 Å². The molecule has 3 aliphatic rings. The van der Waals surface area contributed by atoms with Crippen molar-refractivity contribution in [2.75, 3.05) is 6.54 Å². The molecule has 1 aromatic rings. The molecule has 234 valence electrons. The number of amides is 4. The summed E-state index contributed by atoms with van der Waals surface area (Å²) in [5, 5.41) is 18.6. The van der Waals surface area contributed by atoms with Gasteiger partial charge in [-0.15, -0.1) is 0 Å². The topological polar surface area (TPSA) is 177 Å². The van der Waals surface area contributed by atoms with E-state index in [0.29, 0.717) is 13.0 Å². The second kappa shape index (κ2) is 12.2. The number of Topliss-reactive ketones (excluding diaryl/α,β-unsaturated/α-hetero) is 1. The van der Waals surface area contributed by atoms with Crippen molar-refractivity contribution in [2.24, 2.45) is 28.6 Å². The summed E-state index contributed by atoms with van der Waals surface area (Å²) in [6.45, 7) is 9.67. The van der Waals surface area contributed by atoms with Gasteiger partial charge in [0.2, 0.25) is 17.6 Å². The third-order valence-electron chi connectivity index (χ3n) is 9.18. The van der Waals surface area contributed by atoms with Crippen LogP contribution in [0.2, 0.25) is 0 Å². The molecule has 2 saturated carbocycles. The van der Waals surface area contributed by atoms with Crippen LogP contribution in [0.25, 0.3) is 0 Å². The van der Waals surface area contributed by atoms with Gasteiger partial charge in [0.05, 0.1) is 11.0 Å². The Morgan fingerprint density at radius 3 is 2.26 bits per heavy atom. The van der Waals surface area contributed by atoms with Gasteiger partial charge in [-0.25, -0.2) is 4.79 Å². The standard InChI is InChI=1S/C29H40N5O8P/c1-28(2,3)23(31-27(39)42-17-11-9-16(10-12-17)34(40)41)26(38)33-14-18-20(29(18,4)5)21(33)24(36)30-19(13-15-7-6-8-15)22(35)25(37)32-43/h9-12,15,18-21,23H,6-8,13-14,43H2,1-5H3,(H,30,36)(H,31,39)(H,32,37)/t18-,19?,20?,21-,23+/m0/s1. The van der Waals surface area contributed by atoms with Crippen LogP contribution in [0.15, 0.2) is 24.3 Å². The molecule has 0 radical (unpaired) electrons. The average Bonchev–Trinajstić information content (AvgIpc) is 3.22. The van der Waals surface area contributed by atoms with E-state index >= 15 is 0 Å². The van der Waals surface area contributed by atoms with Crippen molar-refractivity contribution in [3.8, 4) is 5.75 Å². The molecule has 2 aliphatic carbocycles. The number of carbonyl (C=O) groups excluding carboxylic acids is 5. The zero-order valence-corrected chi connectivity index (χ0v) is 26.2. The Bertz CT molecular complexity index is 1310. The summed E-state index contributed by atoms with van der Waals surface area (Å²) in [5.74, 6) is -2.34. The molecule has 14 heteroatoms. The molecule has 3 fully saturated rings. The van der Waals surface area contributed by atoms with Gasteiger partial charge in [-0.1, -0.05) is 53.9 Å². The van der Waals surface area contributed by atoms with Crippen LogP contribution in [0.4, 0.5) is 10.5 Å². The normalized spacial score (nSPS) is 23.6. The van der Waals surface area contributed by atoms with Gasteiger partial charge in [-0.05, 0) is 56.5 Å². The Kier molecular flexibility index (Phi) is 9.16. The van der Waals surface area contributed by atoms with E-state index in [4.69, 9.17) is 4.74 Å². The second-order valence-electron chi connectivity index (χ2n) is 13.4. The zero-order valence-electron chi connectivity index (χ0n) is 25.0. The first-order valence-corrected chi connectivity index (χ1v) is 15.0. The lowest BCUT2D eigenvalue weighted by Crippen LogP contribution is -2.60. The zero-order chi connectivity index (χ0) is 31.9. The van der Waals surface area contributed by atoms with Crippen molar-refractivity contribution < 1.29 is 33.6 Å². The largest absolute Gasteiger partial charge is 0.413 e. The molecular formula is C29H40N5O8P. The minimum absolute atomic E-state index is 0.0519. The molecule has 1 aromatic carbocycles. The first-order valence-electron chi connectivity index (χ1n) is 14.4. The predicted molar refractivity (Wildman–Crippen MR) is 159 cm³/mol. The van der Waals surface area contributed by atoms with E-state index in [1.54, 1.807) is 20.8 Å². The van der Waals surface area contributed by atoms with Crippen molar-refractivity contribution in [1.82, 2.24) is 20.6 Å². The van der Waals surface area contributed by atoms with Gasteiger partial charge in [0.15, 0.2) is 0 Å². The summed E-state index contributed by atoms with van der Waals surface area (Å²) in [4.78, 5) is 77.7. The van der Waals surface area contributed by atoms with Crippen LogP contribution < -0.4 is 20.5 Å². The highest BCUT2D eigenvalue weighted by molar-refractivity contribution is 7.15. The maximum Gasteiger partial charge on any atom is 0.413 e. The smallest absolute Gasteiger partial charge is 0.410 e. The molecule has 1 heterocycles. The Balaban J connectivity index is 1.52. The number of likely N-dealkylation sites (tertiary alicyclic amines) is 1. The Labute approximate surface area is 252 Å². The molecule has 13 nitrogen and oxygen atoms in total. The van der Waals surface area contributed by atoms with Gasteiger partial charge in [0.1, 0.15) is 17.8 Å². The van der Waals surface area contributed by atoms with E-state index in [0.717, 1.165) is 19.3 Å². The molecule has 4 amide bonds. The molecule has 1 saturated heterocycles. The Morgan fingerprint density at radius 1 is 1.12 bits per heavy atom. The van der Waals surface area contributed by atoms with Gasteiger partial charge in [-0.3, -0.25) is 29.3 Å².